The Morgan fingerprint density at radius 3 is 2.48 bits per heavy atom. The maximum absolute atomic E-state index is 2.52. The van der Waals surface area contributed by atoms with Gasteiger partial charge in [0, 0.05) is 22.2 Å². The van der Waals surface area contributed by atoms with Gasteiger partial charge in [0.1, 0.15) is 7.05 Å². The average Bonchev–Trinajstić information content (AvgIpc) is 3.14. The highest BCUT2D eigenvalue weighted by atomic mass is 15.0. The second kappa shape index (κ2) is 6.45. The smallest absolute Gasteiger partial charge is 0.224 e. The van der Waals surface area contributed by atoms with Gasteiger partial charge >= 0.3 is 0 Å². The largest absolute Gasteiger partial charge is 0.307 e. The molecular formula is C31H27N2+. The predicted octanol–water partition coefficient (Wildman–Crippen LogP) is 7.47. The van der Waals surface area contributed by atoms with Crippen molar-refractivity contribution in [1.82, 2.24) is 4.40 Å². The van der Waals surface area contributed by atoms with Crippen molar-refractivity contribution in [3.05, 3.63) is 84.1 Å². The third-order valence-electron chi connectivity index (χ3n) is 7.45. The monoisotopic (exact) mass is 427 g/mol. The summed E-state index contributed by atoms with van der Waals surface area (Å²) in [5, 5.41) is 9.40. The molecule has 0 atom stereocenters. The van der Waals surface area contributed by atoms with Crippen molar-refractivity contribution in [2.75, 3.05) is 0 Å². The number of nitrogens with zero attached hydrogens (tertiary/aromatic N) is 2. The van der Waals surface area contributed by atoms with Crippen LogP contribution in [0.3, 0.4) is 0 Å². The summed E-state index contributed by atoms with van der Waals surface area (Å²) in [4.78, 5) is 0. The van der Waals surface area contributed by atoms with Crippen molar-refractivity contribution >= 4 is 59.8 Å². The van der Waals surface area contributed by atoms with Crippen LogP contribution in [0, 0.1) is 12.8 Å². The summed E-state index contributed by atoms with van der Waals surface area (Å²) >= 11 is 0. The number of benzene rings is 4. The Morgan fingerprint density at radius 1 is 0.788 bits per heavy atom. The number of hydrogen-bond donors (Lipinski definition) is 0. The first-order valence-corrected chi connectivity index (χ1v) is 11.9. The van der Waals surface area contributed by atoms with E-state index in [1.807, 2.05) is 0 Å². The van der Waals surface area contributed by atoms with Gasteiger partial charge in [-0.3, -0.25) is 0 Å². The summed E-state index contributed by atoms with van der Waals surface area (Å²) in [7, 11) is 2.19. The lowest BCUT2D eigenvalue weighted by molar-refractivity contribution is -0.643. The molecule has 0 radical (unpaired) electrons. The van der Waals surface area contributed by atoms with Crippen LogP contribution < -0.4 is 4.57 Å². The topological polar surface area (TPSA) is 8.29 Å². The van der Waals surface area contributed by atoms with E-state index in [1.165, 1.54) is 70.9 Å². The highest BCUT2D eigenvalue weighted by molar-refractivity contribution is 6.29. The van der Waals surface area contributed by atoms with Crippen molar-refractivity contribution in [3.8, 4) is 0 Å². The normalized spacial score (nSPS) is 12.6. The van der Waals surface area contributed by atoms with Gasteiger partial charge in [-0.2, -0.15) is 0 Å². The number of rotatable bonds is 2. The maximum atomic E-state index is 2.52. The fourth-order valence-electron chi connectivity index (χ4n) is 6.10. The number of pyridine rings is 2. The second-order valence-corrected chi connectivity index (χ2v) is 10.1. The molecule has 0 aliphatic carbocycles. The van der Waals surface area contributed by atoms with Crippen LogP contribution in [0.2, 0.25) is 0 Å². The minimum absolute atomic E-state index is 0.647. The van der Waals surface area contributed by atoms with Crippen molar-refractivity contribution in [2.24, 2.45) is 13.0 Å². The SMILES string of the molecule is Cc1ccc2c3ccccc3n3c4cc5ccc(CC(C)C)cc5c5cc[n+](C)c(c1c23)c54. The van der Waals surface area contributed by atoms with Crippen LogP contribution in [0.15, 0.2) is 72.9 Å². The van der Waals surface area contributed by atoms with Gasteiger partial charge in [-0.1, -0.05) is 62.4 Å². The molecule has 0 saturated heterocycles. The molecule has 7 aromatic rings. The van der Waals surface area contributed by atoms with Crippen molar-refractivity contribution in [1.29, 1.82) is 0 Å². The molecule has 7 rings (SSSR count). The zero-order valence-corrected chi connectivity index (χ0v) is 19.6. The first kappa shape index (κ1) is 18.9. The van der Waals surface area contributed by atoms with Crippen LogP contribution in [-0.4, -0.2) is 4.40 Å². The fraction of sp³-hybridized carbons (Fsp3) is 0.194. The van der Waals surface area contributed by atoms with Crippen LogP contribution >= 0.6 is 0 Å². The predicted molar refractivity (Wildman–Crippen MR) is 141 cm³/mol. The molecule has 4 aromatic carbocycles. The van der Waals surface area contributed by atoms with Crippen LogP contribution in [0.1, 0.15) is 25.0 Å². The Balaban J connectivity index is 1.82. The second-order valence-electron chi connectivity index (χ2n) is 10.1. The zero-order chi connectivity index (χ0) is 22.4. The van der Waals surface area contributed by atoms with E-state index < -0.39 is 0 Å². The standard InChI is InChI=1S/C31H27N2/c1-18(2)15-20-10-11-21-17-27-29-23(25(21)16-20)13-14-32(4)31(29)28-19(3)9-12-24-22-7-5-6-8-26(22)33(27)30(24)28/h5-14,16-18H,15H2,1-4H3/q+1. The highest BCUT2D eigenvalue weighted by Gasteiger charge is 2.24. The third-order valence-corrected chi connectivity index (χ3v) is 7.45. The van der Waals surface area contributed by atoms with E-state index in [-0.39, 0.29) is 0 Å². The van der Waals surface area contributed by atoms with E-state index in [0.717, 1.165) is 6.42 Å². The Bertz CT molecular complexity index is 1890. The van der Waals surface area contributed by atoms with Gasteiger partial charge in [-0.25, -0.2) is 4.57 Å². The summed E-state index contributed by atoms with van der Waals surface area (Å²) in [6.07, 6.45) is 3.35. The molecule has 3 heterocycles. The first-order chi connectivity index (χ1) is 16.0. The highest BCUT2D eigenvalue weighted by Crippen LogP contribution is 2.42. The van der Waals surface area contributed by atoms with E-state index >= 15 is 0 Å². The molecule has 0 bridgehead atoms. The van der Waals surface area contributed by atoms with Gasteiger partial charge in [-0.05, 0) is 53.3 Å². The number of fused-ring (bicyclic) bond motifs is 7. The Hall–Kier alpha value is -3.65. The number of aryl methyl sites for hydroxylation is 2. The number of aromatic nitrogens is 2. The molecule has 160 valence electrons. The molecule has 2 nitrogen and oxygen atoms in total. The summed E-state index contributed by atoms with van der Waals surface area (Å²) < 4.78 is 4.84. The number of hydrogen-bond acceptors (Lipinski definition) is 0. The van der Waals surface area contributed by atoms with Gasteiger partial charge < -0.3 is 4.40 Å². The minimum Gasteiger partial charge on any atom is -0.307 e. The van der Waals surface area contributed by atoms with Crippen molar-refractivity contribution in [3.63, 3.8) is 0 Å². The number of para-hydroxylation sites is 1. The third kappa shape index (κ3) is 2.41. The summed E-state index contributed by atoms with van der Waals surface area (Å²) in [5.41, 5.74) is 8.00. The minimum atomic E-state index is 0.647. The summed E-state index contributed by atoms with van der Waals surface area (Å²) in [6, 6.07) is 25.2. The van der Waals surface area contributed by atoms with E-state index in [1.54, 1.807) is 0 Å². The Labute approximate surface area is 193 Å². The van der Waals surface area contributed by atoms with Crippen LogP contribution in [0.5, 0.6) is 0 Å². The molecule has 3 aromatic heterocycles. The summed E-state index contributed by atoms with van der Waals surface area (Å²) in [5.74, 6) is 0.647. The summed E-state index contributed by atoms with van der Waals surface area (Å²) in [6.45, 7) is 6.84. The lowest BCUT2D eigenvalue weighted by atomic mass is 9.94. The van der Waals surface area contributed by atoms with Crippen LogP contribution in [-0.2, 0) is 13.5 Å². The van der Waals surface area contributed by atoms with E-state index in [4.69, 9.17) is 0 Å². The molecule has 2 heteroatoms. The maximum Gasteiger partial charge on any atom is 0.224 e. The Kier molecular flexibility index (Phi) is 3.69. The molecule has 0 aliphatic rings. The van der Waals surface area contributed by atoms with Crippen LogP contribution in [0.25, 0.3) is 59.8 Å². The fourth-order valence-corrected chi connectivity index (χ4v) is 6.10. The molecule has 0 saturated carbocycles. The lowest BCUT2D eigenvalue weighted by Crippen LogP contribution is -2.29. The van der Waals surface area contributed by atoms with Gasteiger partial charge in [-0.15, -0.1) is 0 Å². The lowest BCUT2D eigenvalue weighted by Gasteiger charge is -2.15. The first-order valence-electron chi connectivity index (χ1n) is 11.9. The molecule has 33 heavy (non-hydrogen) atoms. The van der Waals surface area contributed by atoms with Gasteiger partial charge in [0.2, 0.25) is 5.52 Å². The Morgan fingerprint density at radius 2 is 1.64 bits per heavy atom. The van der Waals surface area contributed by atoms with E-state index in [2.05, 4.69) is 110 Å². The molecule has 0 spiro atoms. The average molecular weight is 428 g/mol. The van der Waals surface area contributed by atoms with Crippen LogP contribution in [0.4, 0.5) is 0 Å². The molecule has 0 aliphatic heterocycles. The van der Waals surface area contributed by atoms with E-state index in [9.17, 15) is 0 Å². The molecular weight excluding hydrogens is 400 g/mol. The van der Waals surface area contributed by atoms with Gasteiger partial charge in [0.05, 0.1) is 27.3 Å². The molecule has 0 N–H and O–H groups in total. The van der Waals surface area contributed by atoms with Gasteiger partial charge in [0.25, 0.3) is 0 Å². The van der Waals surface area contributed by atoms with Gasteiger partial charge in [0.15, 0.2) is 6.20 Å². The molecule has 0 amide bonds. The molecule has 0 fully saturated rings. The van der Waals surface area contributed by atoms with E-state index in [0.29, 0.717) is 5.92 Å². The van der Waals surface area contributed by atoms with Crippen molar-refractivity contribution < 1.29 is 4.57 Å². The molecule has 0 unspecified atom stereocenters. The quantitative estimate of drug-likeness (QED) is 0.154. The zero-order valence-electron chi connectivity index (χ0n) is 19.6. The van der Waals surface area contributed by atoms with Crippen molar-refractivity contribution in [2.45, 2.75) is 27.2 Å².